The third-order valence-corrected chi connectivity index (χ3v) is 3.43. The minimum atomic E-state index is -0.967. The van der Waals surface area contributed by atoms with E-state index >= 15 is 0 Å². The highest BCUT2D eigenvalue weighted by atomic mass is 19.2. The van der Waals surface area contributed by atoms with Gasteiger partial charge in [0.2, 0.25) is 0 Å². The molecule has 0 saturated carbocycles. The molecule has 2 rings (SSSR count). The summed E-state index contributed by atoms with van der Waals surface area (Å²) in [5.74, 6) is -2.31. The van der Waals surface area contributed by atoms with Gasteiger partial charge >= 0.3 is 0 Å². The van der Waals surface area contributed by atoms with Crippen molar-refractivity contribution < 1.29 is 13.2 Å². The van der Waals surface area contributed by atoms with E-state index in [0.717, 1.165) is 11.6 Å². The van der Waals surface area contributed by atoms with E-state index in [4.69, 9.17) is 0 Å². The molecule has 2 aromatic rings. The monoisotopic (exact) mass is 302 g/mol. The Hall–Kier alpha value is -2.29. The summed E-state index contributed by atoms with van der Waals surface area (Å²) in [7, 11) is 0. The van der Waals surface area contributed by atoms with E-state index in [0.29, 0.717) is 12.0 Å². The SMILES string of the molecule is C/C=C(\C(F)=C/Cc1ccccc1)c1cc(C)c(F)c(F)c1. The molecule has 2 aromatic carbocycles. The molecule has 0 saturated heterocycles. The molecule has 0 unspecified atom stereocenters. The molecule has 0 aliphatic heterocycles. The van der Waals surface area contributed by atoms with Crippen molar-refractivity contribution in [3.8, 4) is 0 Å². The molecule has 0 nitrogen and oxygen atoms in total. The molecular weight excluding hydrogens is 285 g/mol. The highest BCUT2D eigenvalue weighted by Crippen LogP contribution is 2.27. The Kier molecular flexibility index (Phi) is 5.21. The first-order chi connectivity index (χ1) is 10.5. The fourth-order valence-electron chi connectivity index (χ4n) is 2.26. The fourth-order valence-corrected chi connectivity index (χ4v) is 2.26. The molecule has 0 radical (unpaired) electrons. The van der Waals surface area contributed by atoms with Gasteiger partial charge in [-0.15, -0.1) is 0 Å². The van der Waals surface area contributed by atoms with Gasteiger partial charge < -0.3 is 0 Å². The molecule has 0 atom stereocenters. The average molecular weight is 302 g/mol. The number of aryl methyl sites for hydroxylation is 1. The van der Waals surface area contributed by atoms with E-state index in [1.54, 1.807) is 13.0 Å². The molecule has 0 spiro atoms. The van der Waals surface area contributed by atoms with Crippen LogP contribution in [0.2, 0.25) is 0 Å². The molecule has 0 heterocycles. The van der Waals surface area contributed by atoms with Crippen LogP contribution in [-0.2, 0) is 6.42 Å². The van der Waals surface area contributed by atoms with Gasteiger partial charge in [-0.25, -0.2) is 13.2 Å². The maximum atomic E-state index is 14.4. The van der Waals surface area contributed by atoms with Crippen molar-refractivity contribution in [1.29, 1.82) is 0 Å². The first-order valence-electron chi connectivity index (χ1n) is 7.05. The van der Waals surface area contributed by atoms with Gasteiger partial charge in [0.1, 0.15) is 5.83 Å². The molecule has 0 fully saturated rings. The first-order valence-corrected chi connectivity index (χ1v) is 7.05. The maximum absolute atomic E-state index is 14.4. The van der Waals surface area contributed by atoms with Crippen molar-refractivity contribution >= 4 is 5.57 Å². The zero-order chi connectivity index (χ0) is 16.1. The van der Waals surface area contributed by atoms with Crippen LogP contribution < -0.4 is 0 Å². The third-order valence-electron chi connectivity index (χ3n) is 3.43. The summed E-state index contributed by atoms with van der Waals surface area (Å²) in [5.41, 5.74) is 1.73. The lowest BCUT2D eigenvalue weighted by molar-refractivity contribution is 0.502. The summed E-state index contributed by atoms with van der Waals surface area (Å²) in [6.45, 7) is 3.13. The molecule has 114 valence electrons. The highest BCUT2D eigenvalue weighted by Gasteiger charge is 2.12. The molecule has 22 heavy (non-hydrogen) atoms. The molecule has 0 aliphatic rings. The predicted molar refractivity (Wildman–Crippen MR) is 84.1 cm³/mol. The van der Waals surface area contributed by atoms with Crippen LogP contribution in [0.4, 0.5) is 13.2 Å². The molecule has 0 aliphatic carbocycles. The lowest BCUT2D eigenvalue weighted by Gasteiger charge is -2.08. The largest absolute Gasteiger partial charge is 0.207 e. The van der Waals surface area contributed by atoms with Gasteiger partial charge in [0.25, 0.3) is 0 Å². The van der Waals surface area contributed by atoms with Gasteiger partial charge in [0.05, 0.1) is 0 Å². The Bertz CT molecular complexity index is 690. The fraction of sp³-hybridized carbons (Fsp3) is 0.158. The number of halogens is 3. The summed E-state index contributed by atoms with van der Waals surface area (Å²) in [6.07, 6.45) is 3.44. The summed E-state index contributed by atoms with van der Waals surface area (Å²) in [6, 6.07) is 11.9. The van der Waals surface area contributed by atoms with E-state index in [1.165, 1.54) is 19.1 Å². The molecule has 0 amide bonds. The topological polar surface area (TPSA) is 0 Å². The van der Waals surface area contributed by atoms with Crippen LogP contribution in [-0.4, -0.2) is 0 Å². The Morgan fingerprint density at radius 2 is 1.77 bits per heavy atom. The summed E-state index contributed by atoms with van der Waals surface area (Å²) >= 11 is 0. The second-order valence-electron chi connectivity index (χ2n) is 5.03. The van der Waals surface area contributed by atoms with E-state index < -0.39 is 17.5 Å². The van der Waals surface area contributed by atoms with E-state index in [-0.39, 0.29) is 11.1 Å². The summed E-state index contributed by atoms with van der Waals surface area (Å²) < 4.78 is 41.2. The highest BCUT2D eigenvalue weighted by molar-refractivity contribution is 5.77. The molecule has 0 N–H and O–H groups in total. The number of allylic oxidation sites excluding steroid dienone is 4. The molecule has 0 bridgehead atoms. The van der Waals surface area contributed by atoms with Crippen LogP contribution in [0, 0.1) is 18.6 Å². The van der Waals surface area contributed by atoms with E-state index in [2.05, 4.69) is 0 Å². The van der Waals surface area contributed by atoms with Gasteiger partial charge in [0, 0.05) is 5.57 Å². The van der Waals surface area contributed by atoms with Gasteiger partial charge in [-0.3, -0.25) is 0 Å². The average Bonchev–Trinajstić information content (AvgIpc) is 2.52. The van der Waals surface area contributed by atoms with Gasteiger partial charge in [0.15, 0.2) is 11.6 Å². The quantitative estimate of drug-likeness (QED) is 0.629. The Morgan fingerprint density at radius 3 is 2.36 bits per heavy atom. The van der Waals surface area contributed by atoms with Crippen LogP contribution in [0.15, 0.2) is 60.4 Å². The lowest BCUT2D eigenvalue weighted by Crippen LogP contribution is -1.95. The van der Waals surface area contributed by atoms with Gasteiger partial charge in [-0.2, -0.15) is 0 Å². The normalized spacial score (nSPS) is 12.6. The zero-order valence-electron chi connectivity index (χ0n) is 12.5. The second-order valence-corrected chi connectivity index (χ2v) is 5.03. The van der Waals surface area contributed by atoms with Crippen molar-refractivity contribution in [2.45, 2.75) is 20.3 Å². The minimum Gasteiger partial charge on any atom is -0.207 e. The van der Waals surface area contributed by atoms with Gasteiger partial charge in [-0.05, 0) is 55.2 Å². The van der Waals surface area contributed by atoms with E-state index in [9.17, 15) is 13.2 Å². The summed E-state index contributed by atoms with van der Waals surface area (Å²) in [4.78, 5) is 0. The van der Waals surface area contributed by atoms with Crippen molar-refractivity contribution in [2.24, 2.45) is 0 Å². The second kappa shape index (κ2) is 7.12. The number of rotatable bonds is 4. The number of benzene rings is 2. The van der Waals surface area contributed by atoms with Gasteiger partial charge in [-0.1, -0.05) is 36.4 Å². The van der Waals surface area contributed by atoms with Crippen molar-refractivity contribution in [3.05, 3.63) is 88.8 Å². The Labute approximate surface area is 128 Å². The molecule has 0 aromatic heterocycles. The molecule has 3 heteroatoms. The van der Waals surface area contributed by atoms with Crippen LogP contribution >= 0.6 is 0 Å². The lowest BCUT2D eigenvalue weighted by atomic mass is 10.0. The van der Waals surface area contributed by atoms with Crippen molar-refractivity contribution in [2.75, 3.05) is 0 Å². The summed E-state index contributed by atoms with van der Waals surface area (Å²) in [5, 5.41) is 0. The standard InChI is InChI=1S/C19H17F3/c1-3-16(15-11-13(2)19(22)18(21)12-15)17(20)10-9-14-7-5-4-6-8-14/h3-8,10-12H,9H2,1-2H3/b16-3-,17-10+. The van der Waals surface area contributed by atoms with E-state index in [1.807, 2.05) is 30.3 Å². The smallest absolute Gasteiger partial charge is 0.161 e. The minimum absolute atomic E-state index is 0.158. The first kappa shape index (κ1) is 16.1. The van der Waals surface area contributed by atoms with Crippen LogP contribution in [0.5, 0.6) is 0 Å². The molecular formula is C19H17F3. The van der Waals surface area contributed by atoms with Crippen LogP contribution in [0.1, 0.15) is 23.6 Å². The Morgan fingerprint density at radius 1 is 1.09 bits per heavy atom. The van der Waals surface area contributed by atoms with Crippen LogP contribution in [0.25, 0.3) is 5.57 Å². The maximum Gasteiger partial charge on any atom is 0.161 e. The number of hydrogen-bond acceptors (Lipinski definition) is 0. The van der Waals surface area contributed by atoms with Crippen LogP contribution in [0.3, 0.4) is 0 Å². The number of hydrogen-bond donors (Lipinski definition) is 0. The van der Waals surface area contributed by atoms with Crippen molar-refractivity contribution in [1.82, 2.24) is 0 Å². The zero-order valence-corrected chi connectivity index (χ0v) is 12.5. The Balaban J connectivity index is 2.28. The predicted octanol–water partition coefficient (Wildman–Crippen LogP) is 5.77. The third kappa shape index (κ3) is 3.67. The van der Waals surface area contributed by atoms with Crippen molar-refractivity contribution in [3.63, 3.8) is 0 Å².